The maximum Gasteiger partial charge on any atom is 0.328 e. The molecule has 166 valence electrons. The monoisotopic (exact) mass is 442 g/mol. The summed E-state index contributed by atoms with van der Waals surface area (Å²) in [5.74, 6) is 1.09. The zero-order chi connectivity index (χ0) is 23.6. The van der Waals surface area contributed by atoms with E-state index in [1.165, 1.54) is 12.2 Å². The van der Waals surface area contributed by atoms with Gasteiger partial charge in [0.1, 0.15) is 23.0 Å². The van der Waals surface area contributed by atoms with Crippen LogP contribution in [0.1, 0.15) is 0 Å². The van der Waals surface area contributed by atoms with Gasteiger partial charge in [-0.2, -0.15) is 0 Å². The minimum Gasteiger partial charge on any atom is -0.478 e. The standard InChI is InChI=1S/C26H22N2O5/c1-3-25(29)28-20-10-14-22(15-11-20)33-24-6-4-5-23(17-24)32-21-12-8-19(9-13-21)27-18(2)7-16-26(30)31/h3-17,27H,1-2H2,(H,28,29)(H,30,31)/b16-7-. The zero-order valence-electron chi connectivity index (χ0n) is 17.7. The molecule has 33 heavy (non-hydrogen) atoms. The third kappa shape index (κ3) is 7.45. The fraction of sp³-hybridized carbons (Fsp3) is 0. The van der Waals surface area contributed by atoms with Crippen molar-refractivity contribution in [1.82, 2.24) is 0 Å². The van der Waals surface area contributed by atoms with Gasteiger partial charge < -0.3 is 25.2 Å². The van der Waals surface area contributed by atoms with Crippen LogP contribution >= 0.6 is 0 Å². The lowest BCUT2D eigenvalue weighted by atomic mass is 10.2. The molecule has 0 atom stereocenters. The summed E-state index contributed by atoms with van der Waals surface area (Å²) >= 11 is 0. The lowest BCUT2D eigenvalue weighted by molar-refractivity contribution is -0.131. The minimum absolute atomic E-state index is 0.280. The van der Waals surface area contributed by atoms with Gasteiger partial charge in [-0.05, 0) is 72.8 Å². The molecule has 0 radical (unpaired) electrons. The molecule has 0 aromatic heterocycles. The highest BCUT2D eigenvalue weighted by Gasteiger charge is 2.04. The number of carboxylic acid groups (broad SMARTS) is 1. The summed E-state index contributed by atoms with van der Waals surface area (Å²) in [6.07, 6.45) is 3.59. The summed E-state index contributed by atoms with van der Waals surface area (Å²) < 4.78 is 11.8. The van der Waals surface area contributed by atoms with Crippen LogP contribution in [0.5, 0.6) is 23.0 Å². The maximum atomic E-state index is 11.4. The highest BCUT2D eigenvalue weighted by molar-refractivity contribution is 5.98. The second kappa shape index (κ2) is 11.0. The molecule has 0 aliphatic heterocycles. The van der Waals surface area contributed by atoms with Crippen LogP contribution in [0.3, 0.4) is 0 Å². The quantitative estimate of drug-likeness (QED) is 0.265. The Morgan fingerprint density at radius 3 is 1.76 bits per heavy atom. The van der Waals surface area contributed by atoms with Crippen LogP contribution < -0.4 is 20.1 Å². The first-order valence-corrected chi connectivity index (χ1v) is 9.87. The van der Waals surface area contributed by atoms with Crippen LogP contribution in [0.25, 0.3) is 0 Å². The fourth-order valence-electron chi connectivity index (χ4n) is 2.68. The molecule has 7 heteroatoms. The molecule has 0 unspecified atom stereocenters. The van der Waals surface area contributed by atoms with Gasteiger partial charge in [-0.15, -0.1) is 0 Å². The predicted molar refractivity (Wildman–Crippen MR) is 128 cm³/mol. The molecule has 0 saturated carbocycles. The molecule has 0 aliphatic carbocycles. The van der Waals surface area contributed by atoms with E-state index in [9.17, 15) is 9.59 Å². The molecule has 7 nitrogen and oxygen atoms in total. The Hall–Kier alpha value is -4.78. The number of benzene rings is 3. The van der Waals surface area contributed by atoms with Crippen LogP contribution in [0.15, 0.2) is 110 Å². The highest BCUT2D eigenvalue weighted by Crippen LogP contribution is 2.29. The third-order valence-electron chi connectivity index (χ3n) is 4.17. The molecule has 3 aromatic rings. The molecule has 0 saturated heterocycles. The van der Waals surface area contributed by atoms with Gasteiger partial charge in [0.05, 0.1) is 0 Å². The maximum absolute atomic E-state index is 11.4. The number of rotatable bonds is 10. The third-order valence-corrected chi connectivity index (χ3v) is 4.17. The number of aliphatic carboxylic acids is 1. The Morgan fingerprint density at radius 1 is 0.758 bits per heavy atom. The number of nitrogens with one attached hydrogen (secondary N) is 2. The van der Waals surface area contributed by atoms with Crippen LogP contribution in [0.2, 0.25) is 0 Å². The second-order valence-electron chi connectivity index (χ2n) is 6.74. The summed E-state index contributed by atoms with van der Waals surface area (Å²) in [7, 11) is 0. The number of ether oxygens (including phenoxy) is 2. The Morgan fingerprint density at radius 2 is 1.27 bits per heavy atom. The van der Waals surface area contributed by atoms with Gasteiger partial charge in [0.15, 0.2) is 0 Å². The lowest BCUT2D eigenvalue weighted by Crippen LogP contribution is -2.06. The van der Waals surface area contributed by atoms with E-state index < -0.39 is 5.97 Å². The molecule has 0 fully saturated rings. The second-order valence-corrected chi connectivity index (χ2v) is 6.74. The summed E-state index contributed by atoms with van der Waals surface area (Å²) in [6.45, 7) is 7.17. The van der Waals surface area contributed by atoms with E-state index >= 15 is 0 Å². The number of amides is 1. The number of anilines is 2. The van der Waals surface area contributed by atoms with Crippen molar-refractivity contribution in [3.63, 3.8) is 0 Å². The van der Waals surface area contributed by atoms with Crippen molar-refractivity contribution in [1.29, 1.82) is 0 Å². The molecule has 0 aliphatic rings. The van der Waals surface area contributed by atoms with Gasteiger partial charge in [0, 0.05) is 29.2 Å². The van der Waals surface area contributed by atoms with Gasteiger partial charge >= 0.3 is 5.97 Å². The van der Waals surface area contributed by atoms with Crippen molar-refractivity contribution < 1.29 is 24.2 Å². The van der Waals surface area contributed by atoms with E-state index in [-0.39, 0.29) is 5.91 Å². The SMILES string of the molecule is C=CC(=O)Nc1ccc(Oc2cccc(Oc3ccc(NC(=C)/C=C\C(=O)O)cc3)c2)cc1. The summed E-state index contributed by atoms with van der Waals surface area (Å²) in [6, 6.07) is 21.3. The largest absolute Gasteiger partial charge is 0.478 e. The summed E-state index contributed by atoms with van der Waals surface area (Å²) in [5.41, 5.74) is 1.84. The first-order chi connectivity index (χ1) is 15.9. The lowest BCUT2D eigenvalue weighted by Gasteiger charge is -2.11. The van der Waals surface area contributed by atoms with Crippen molar-refractivity contribution >= 4 is 23.3 Å². The van der Waals surface area contributed by atoms with Crippen LogP contribution in [0, 0.1) is 0 Å². The van der Waals surface area contributed by atoms with Gasteiger partial charge in [-0.3, -0.25) is 4.79 Å². The highest BCUT2D eigenvalue weighted by atomic mass is 16.5. The molecule has 3 rings (SSSR count). The van der Waals surface area contributed by atoms with E-state index in [1.54, 1.807) is 54.6 Å². The Kier molecular flexibility index (Phi) is 7.64. The summed E-state index contributed by atoms with van der Waals surface area (Å²) in [4.78, 5) is 21.9. The van der Waals surface area contributed by atoms with Crippen molar-refractivity contribution in [2.24, 2.45) is 0 Å². The topological polar surface area (TPSA) is 96.9 Å². The average Bonchev–Trinajstić information content (AvgIpc) is 2.80. The van der Waals surface area contributed by atoms with E-state index in [1.807, 2.05) is 18.2 Å². The Bertz CT molecular complexity index is 1180. The molecule has 0 heterocycles. The van der Waals surface area contributed by atoms with Crippen molar-refractivity contribution in [3.05, 3.63) is 110 Å². The fourth-order valence-corrected chi connectivity index (χ4v) is 2.68. The summed E-state index contributed by atoms with van der Waals surface area (Å²) in [5, 5.41) is 14.3. The molecule has 3 aromatic carbocycles. The molecule has 3 N–H and O–H groups in total. The van der Waals surface area contributed by atoms with Gasteiger partial charge in [0.25, 0.3) is 0 Å². The number of allylic oxidation sites excluding steroid dienone is 1. The Labute approximate surface area is 191 Å². The molecule has 0 bridgehead atoms. The first-order valence-electron chi connectivity index (χ1n) is 9.87. The van der Waals surface area contributed by atoms with E-state index in [4.69, 9.17) is 14.6 Å². The molecular formula is C26H22N2O5. The van der Waals surface area contributed by atoms with Crippen molar-refractivity contribution in [2.75, 3.05) is 10.6 Å². The van der Waals surface area contributed by atoms with E-state index in [2.05, 4.69) is 23.8 Å². The van der Waals surface area contributed by atoms with Crippen molar-refractivity contribution in [2.45, 2.75) is 0 Å². The number of carbonyl (C=O) groups excluding carboxylic acids is 1. The van der Waals surface area contributed by atoms with Crippen molar-refractivity contribution in [3.8, 4) is 23.0 Å². The van der Waals surface area contributed by atoms with E-state index in [0.717, 1.165) is 11.8 Å². The predicted octanol–water partition coefficient (Wildman–Crippen LogP) is 5.96. The van der Waals surface area contributed by atoms with Gasteiger partial charge in [-0.1, -0.05) is 19.2 Å². The normalized spacial score (nSPS) is 10.3. The first kappa shape index (κ1) is 22.9. The minimum atomic E-state index is -1.04. The Balaban J connectivity index is 1.59. The van der Waals surface area contributed by atoms with Crippen LogP contribution in [-0.4, -0.2) is 17.0 Å². The molecule has 1 amide bonds. The number of carboxylic acids is 1. The van der Waals surface area contributed by atoms with Gasteiger partial charge in [0.2, 0.25) is 5.91 Å². The van der Waals surface area contributed by atoms with E-state index in [0.29, 0.717) is 34.4 Å². The van der Waals surface area contributed by atoms with Gasteiger partial charge in [-0.25, -0.2) is 4.79 Å². The zero-order valence-corrected chi connectivity index (χ0v) is 17.7. The number of hydrogen-bond acceptors (Lipinski definition) is 5. The van der Waals surface area contributed by atoms with Crippen LogP contribution in [-0.2, 0) is 9.59 Å². The molecular weight excluding hydrogens is 420 g/mol. The number of hydrogen-bond donors (Lipinski definition) is 3. The molecule has 0 spiro atoms. The smallest absolute Gasteiger partial charge is 0.328 e. The average molecular weight is 442 g/mol. The van der Waals surface area contributed by atoms with Crippen LogP contribution in [0.4, 0.5) is 11.4 Å². The number of carbonyl (C=O) groups is 2.